The van der Waals surface area contributed by atoms with E-state index < -0.39 is 5.97 Å². The smallest absolute Gasteiger partial charge is 0.356 e. The van der Waals surface area contributed by atoms with E-state index in [-0.39, 0.29) is 17.5 Å². The number of likely N-dealkylation sites (tertiary alicyclic amines) is 1. The Bertz CT molecular complexity index is 697. The van der Waals surface area contributed by atoms with Crippen LogP contribution in [-0.2, 0) is 6.42 Å². The number of aromatic carboxylic acids is 1. The molecule has 2 aliphatic rings. The van der Waals surface area contributed by atoms with E-state index in [0.717, 1.165) is 31.5 Å². The SMILES string of the molecule is CN(C)C=C1CCc2c(C(=O)O)nn(C3CCN(C)CC3)c2C1=O. The molecule has 1 saturated heterocycles. The van der Waals surface area contributed by atoms with Crippen LogP contribution < -0.4 is 0 Å². The lowest BCUT2D eigenvalue weighted by Crippen LogP contribution is -2.33. The molecule has 2 heterocycles. The maximum atomic E-state index is 13.0. The lowest BCUT2D eigenvalue weighted by Gasteiger charge is -2.30. The summed E-state index contributed by atoms with van der Waals surface area (Å²) in [5, 5.41) is 13.8. The second-order valence-corrected chi connectivity index (χ2v) is 6.91. The van der Waals surface area contributed by atoms with Crippen LogP contribution in [0.4, 0.5) is 0 Å². The molecule has 1 N–H and O–H groups in total. The number of carbonyl (C=O) groups is 2. The van der Waals surface area contributed by atoms with Gasteiger partial charge in [-0.25, -0.2) is 4.79 Å². The Morgan fingerprint density at radius 2 is 1.96 bits per heavy atom. The molecule has 0 aromatic carbocycles. The van der Waals surface area contributed by atoms with Gasteiger partial charge in [0.15, 0.2) is 5.69 Å². The van der Waals surface area contributed by atoms with E-state index >= 15 is 0 Å². The van der Waals surface area contributed by atoms with Gasteiger partial charge in [0.2, 0.25) is 5.78 Å². The first kappa shape index (κ1) is 16.7. The molecule has 0 radical (unpaired) electrons. The number of carboxylic acids is 1. The fourth-order valence-electron chi connectivity index (χ4n) is 3.58. The molecule has 0 amide bonds. The van der Waals surface area contributed by atoms with Crippen molar-refractivity contribution >= 4 is 11.8 Å². The average Bonchev–Trinajstić information content (AvgIpc) is 2.91. The Morgan fingerprint density at radius 1 is 1.29 bits per heavy atom. The molecule has 0 unspecified atom stereocenters. The van der Waals surface area contributed by atoms with E-state index in [9.17, 15) is 14.7 Å². The van der Waals surface area contributed by atoms with Gasteiger partial charge >= 0.3 is 5.97 Å². The van der Waals surface area contributed by atoms with Gasteiger partial charge in [-0.3, -0.25) is 9.48 Å². The van der Waals surface area contributed by atoms with Gasteiger partial charge in [-0.2, -0.15) is 5.10 Å². The number of carboxylic acid groups (broad SMARTS) is 1. The molecular formula is C17H24N4O3. The summed E-state index contributed by atoms with van der Waals surface area (Å²) in [4.78, 5) is 28.6. The Kier molecular flexibility index (Phi) is 4.45. The predicted molar refractivity (Wildman–Crippen MR) is 89.4 cm³/mol. The first-order valence-corrected chi connectivity index (χ1v) is 8.33. The number of aromatic nitrogens is 2. The number of rotatable bonds is 3. The Hall–Kier alpha value is -2.15. The average molecular weight is 332 g/mol. The quantitative estimate of drug-likeness (QED) is 0.844. The molecule has 0 bridgehead atoms. The number of hydrogen-bond acceptors (Lipinski definition) is 5. The van der Waals surface area contributed by atoms with Gasteiger partial charge in [0.25, 0.3) is 0 Å². The molecule has 0 spiro atoms. The second-order valence-electron chi connectivity index (χ2n) is 6.91. The summed E-state index contributed by atoms with van der Waals surface area (Å²) in [5.74, 6) is -1.13. The van der Waals surface area contributed by atoms with E-state index in [1.54, 1.807) is 4.68 Å². The third kappa shape index (κ3) is 2.96. The number of Topliss-reactive ketones (excluding diaryl/α,β-unsaturated/α-hetero) is 1. The molecule has 1 aliphatic heterocycles. The van der Waals surface area contributed by atoms with Crippen molar-refractivity contribution in [1.29, 1.82) is 0 Å². The lowest BCUT2D eigenvalue weighted by molar-refractivity contribution is 0.0687. The van der Waals surface area contributed by atoms with Crippen molar-refractivity contribution in [3.05, 3.63) is 28.7 Å². The summed E-state index contributed by atoms with van der Waals surface area (Å²) in [6.45, 7) is 1.85. The Balaban J connectivity index is 2.05. The molecule has 1 aromatic heterocycles. The molecule has 1 aromatic rings. The molecular weight excluding hydrogens is 308 g/mol. The standard InChI is InChI=1S/C17H24N4O3/c1-19(2)10-11-4-5-13-14(17(23)24)18-21(15(13)16(11)22)12-6-8-20(3)9-7-12/h10,12H,4-9H2,1-3H3,(H,23,24). The van der Waals surface area contributed by atoms with Crippen LogP contribution in [0.2, 0.25) is 0 Å². The maximum absolute atomic E-state index is 13.0. The van der Waals surface area contributed by atoms with Crippen LogP contribution in [-0.4, -0.2) is 70.7 Å². The highest BCUT2D eigenvalue weighted by molar-refractivity contribution is 6.11. The molecule has 130 valence electrons. The van der Waals surface area contributed by atoms with Crippen LogP contribution in [0.15, 0.2) is 11.8 Å². The van der Waals surface area contributed by atoms with Crippen molar-refractivity contribution in [3.63, 3.8) is 0 Å². The van der Waals surface area contributed by atoms with E-state index in [2.05, 4.69) is 17.0 Å². The summed E-state index contributed by atoms with van der Waals surface area (Å²) in [6, 6.07) is 0.0886. The minimum absolute atomic E-state index is 0.0428. The van der Waals surface area contributed by atoms with Crippen molar-refractivity contribution in [3.8, 4) is 0 Å². The number of hydrogen-bond donors (Lipinski definition) is 1. The van der Waals surface area contributed by atoms with Gasteiger partial charge in [-0.1, -0.05) is 0 Å². The summed E-state index contributed by atoms with van der Waals surface area (Å²) in [6.07, 6.45) is 4.70. The zero-order valence-corrected chi connectivity index (χ0v) is 14.4. The topological polar surface area (TPSA) is 78.7 Å². The number of piperidine rings is 1. The normalized spacial score (nSPS) is 21.1. The molecule has 24 heavy (non-hydrogen) atoms. The summed E-state index contributed by atoms with van der Waals surface area (Å²) in [5.41, 5.74) is 1.85. The molecule has 0 atom stereocenters. The molecule has 7 heteroatoms. The third-order valence-electron chi connectivity index (χ3n) is 4.81. The maximum Gasteiger partial charge on any atom is 0.356 e. The van der Waals surface area contributed by atoms with Crippen molar-refractivity contribution in [2.45, 2.75) is 31.7 Å². The largest absolute Gasteiger partial charge is 0.476 e. The van der Waals surface area contributed by atoms with Crippen molar-refractivity contribution < 1.29 is 14.7 Å². The van der Waals surface area contributed by atoms with Gasteiger partial charge in [0.1, 0.15) is 5.69 Å². The van der Waals surface area contributed by atoms with Gasteiger partial charge in [0.05, 0.1) is 6.04 Å². The molecule has 0 saturated carbocycles. The lowest BCUT2D eigenvalue weighted by atomic mass is 9.90. The molecule has 3 rings (SSSR count). The first-order valence-electron chi connectivity index (χ1n) is 8.33. The fraction of sp³-hybridized carbons (Fsp3) is 0.588. The van der Waals surface area contributed by atoms with E-state index in [1.807, 2.05) is 25.2 Å². The fourth-order valence-corrected chi connectivity index (χ4v) is 3.58. The highest BCUT2D eigenvalue weighted by atomic mass is 16.4. The van der Waals surface area contributed by atoms with Gasteiger partial charge in [0, 0.05) is 31.4 Å². The number of allylic oxidation sites excluding steroid dienone is 1. The summed E-state index contributed by atoms with van der Waals surface area (Å²) >= 11 is 0. The van der Waals surface area contributed by atoms with Crippen LogP contribution in [0.5, 0.6) is 0 Å². The van der Waals surface area contributed by atoms with Crippen LogP contribution in [0.25, 0.3) is 0 Å². The monoisotopic (exact) mass is 332 g/mol. The summed E-state index contributed by atoms with van der Waals surface area (Å²) < 4.78 is 1.71. The molecule has 1 fully saturated rings. The van der Waals surface area contributed by atoms with E-state index in [0.29, 0.717) is 24.1 Å². The number of nitrogens with zero attached hydrogens (tertiary/aromatic N) is 4. The highest BCUT2D eigenvalue weighted by Gasteiger charge is 2.35. The van der Waals surface area contributed by atoms with Crippen molar-refractivity contribution in [1.82, 2.24) is 19.6 Å². The number of fused-ring (bicyclic) bond motifs is 1. The van der Waals surface area contributed by atoms with Gasteiger partial charge in [-0.15, -0.1) is 0 Å². The van der Waals surface area contributed by atoms with E-state index in [1.165, 1.54) is 0 Å². The minimum Gasteiger partial charge on any atom is -0.476 e. The highest BCUT2D eigenvalue weighted by Crippen LogP contribution is 2.32. The van der Waals surface area contributed by atoms with E-state index in [4.69, 9.17) is 0 Å². The Morgan fingerprint density at radius 3 is 2.54 bits per heavy atom. The minimum atomic E-state index is -1.05. The first-order chi connectivity index (χ1) is 11.4. The Labute approximate surface area is 141 Å². The molecule has 7 nitrogen and oxygen atoms in total. The third-order valence-corrected chi connectivity index (χ3v) is 4.81. The summed E-state index contributed by atoms with van der Waals surface area (Å²) in [7, 11) is 5.83. The predicted octanol–water partition coefficient (Wildman–Crippen LogP) is 1.42. The van der Waals surface area contributed by atoms with Crippen LogP contribution in [0, 0.1) is 0 Å². The zero-order valence-electron chi connectivity index (χ0n) is 14.4. The van der Waals surface area contributed by atoms with Gasteiger partial charge in [-0.05, 0) is 45.8 Å². The van der Waals surface area contributed by atoms with Crippen LogP contribution in [0.1, 0.15) is 51.8 Å². The molecule has 1 aliphatic carbocycles. The van der Waals surface area contributed by atoms with Crippen molar-refractivity contribution in [2.24, 2.45) is 0 Å². The number of ketones is 1. The second kappa shape index (κ2) is 6.39. The van der Waals surface area contributed by atoms with Gasteiger partial charge < -0.3 is 14.9 Å². The van der Waals surface area contributed by atoms with Crippen molar-refractivity contribution in [2.75, 3.05) is 34.2 Å². The zero-order chi connectivity index (χ0) is 17.4. The van der Waals surface area contributed by atoms with Crippen LogP contribution >= 0.6 is 0 Å². The van der Waals surface area contributed by atoms with Crippen LogP contribution in [0.3, 0.4) is 0 Å². The number of carbonyl (C=O) groups excluding carboxylic acids is 1.